The normalized spacial score (nSPS) is 12.3. The van der Waals surface area contributed by atoms with Gasteiger partial charge in [-0.1, -0.05) is 109 Å². The molecule has 200 valence electrons. The van der Waals surface area contributed by atoms with E-state index in [0.717, 1.165) is 25.7 Å². The molecule has 0 rings (SSSR count). The molecule has 4 nitrogen and oxygen atoms in total. The Morgan fingerprint density at radius 2 is 1.12 bits per heavy atom. The van der Waals surface area contributed by atoms with Gasteiger partial charge in [0.2, 0.25) is 0 Å². The third-order valence-electron chi connectivity index (χ3n) is 6.49. The Balaban J connectivity index is 3.88. The van der Waals surface area contributed by atoms with Gasteiger partial charge in [-0.15, -0.1) is 0 Å². The number of unbranched alkanes of at least 4 members (excludes halogenated alkanes) is 15. The van der Waals surface area contributed by atoms with E-state index in [2.05, 4.69) is 26.0 Å². The smallest absolute Gasteiger partial charge is 0.306 e. The second kappa shape index (κ2) is 26.3. The molecule has 0 amide bonds. The lowest BCUT2D eigenvalue weighted by molar-refractivity contribution is -0.150. The zero-order valence-corrected chi connectivity index (χ0v) is 22.7. The lowest BCUT2D eigenvalue weighted by Crippen LogP contribution is -2.18. The van der Waals surface area contributed by atoms with Gasteiger partial charge in [0.15, 0.2) is 0 Å². The van der Waals surface area contributed by atoms with Crippen molar-refractivity contribution in [1.29, 1.82) is 0 Å². The molecule has 0 saturated carbocycles. The summed E-state index contributed by atoms with van der Waals surface area (Å²) in [6.45, 7) is 4.47. The maximum Gasteiger partial charge on any atom is 0.306 e. The van der Waals surface area contributed by atoms with E-state index in [0.29, 0.717) is 19.3 Å². The van der Waals surface area contributed by atoms with Gasteiger partial charge in [0.1, 0.15) is 6.10 Å². The Labute approximate surface area is 211 Å². The maximum absolute atomic E-state index is 12.3. The van der Waals surface area contributed by atoms with Crippen LogP contribution in [0.1, 0.15) is 162 Å². The number of rotatable bonds is 26. The average molecular weight is 481 g/mol. The molecule has 0 spiro atoms. The van der Waals surface area contributed by atoms with Crippen molar-refractivity contribution >= 4 is 11.9 Å². The van der Waals surface area contributed by atoms with Crippen LogP contribution in [-0.4, -0.2) is 23.1 Å². The van der Waals surface area contributed by atoms with Crippen molar-refractivity contribution < 1.29 is 19.4 Å². The number of carboxylic acids is 1. The molecule has 0 radical (unpaired) electrons. The molecule has 0 aliphatic carbocycles. The highest BCUT2D eigenvalue weighted by molar-refractivity contribution is 5.69. The van der Waals surface area contributed by atoms with Crippen molar-refractivity contribution in [2.45, 2.75) is 168 Å². The van der Waals surface area contributed by atoms with Crippen LogP contribution < -0.4 is 0 Å². The summed E-state index contributed by atoms with van der Waals surface area (Å²) in [5, 5.41) is 8.91. The molecule has 0 aromatic rings. The third kappa shape index (κ3) is 25.3. The summed E-state index contributed by atoms with van der Waals surface area (Å²) >= 11 is 0. The minimum absolute atomic E-state index is 0.0999. The fourth-order valence-electron chi connectivity index (χ4n) is 4.29. The molecule has 1 unspecified atom stereocenters. The summed E-state index contributed by atoms with van der Waals surface area (Å²) in [5.41, 5.74) is 0. The van der Waals surface area contributed by atoms with E-state index >= 15 is 0 Å². The molecule has 1 atom stereocenters. The van der Waals surface area contributed by atoms with E-state index < -0.39 is 5.97 Å². The Morgan fingerprint density at radius 3 is 1.74 bits per heavy atom. The Kier molecular flexibility index (Phi) is 25.3. The first-order valence-electron chi connectivity index (χ1n) is 14.7. The van der Waals surface area contributed by atoms with Crippen LogP contribution in [0.3, 0.4) is 0 Å². The summed E-state index contributed by atoms with van der Waals surface area (Å²) in [7, 11) is 0. The van der Waals surface area contributed by atoms with Crippen LogP contribution >= 0.6 is 0 Å². The molecule has 0 heterocycles. The molecule has 0 saturated heterocycles. The zero-order chi connectivity index (χ0) is 25.1. The van der Waals surface area contributed by atoms with Crippen molar-refractivity contribution in [3.8, 4) is 0 Å². The Bertz CT molecular complexity index is 486. The van der Waals surface area contributed by atoms with Crippen LogP contribution in [0, 0.1) is 0 Å². The Hall–Kier alpha value is -1.32. The molecule has 0 bridgehead atoms. The number of esters is 1. The predicted octanol–water partition coefficient (Wildman–Crippen LogP) is 9.55. The number of aliphatic carboxylic acids is 1. The first-order valence-corrected chi connectivity index (χ1v) is 14.7. The molecular formula is C30H56O4. The molecule has 0 aliphatic heterocycles. The fourth-order valence-corrected chi connectivity index (χ4v) is 4.29. The summed E-state index contributed by atoms with van der Waals surface area (Å²) in [6, 6.07) is 0. The highest BCUT2D eigenvalue weighted by atomic mass is 16.5. The quantitative estimate of drug-likeness (QED) is 0.0760. The van der Waals surface area contributed by atoms with Crippen LogP contribution in [0.25, 0.3) is 0 Å². The number of allylic oxidation sites excluding steroid dienone is 2. The van der Waals surface area contributed by atoms with Gasteiger partial charge in [-0.3, -0.25) is 9.59 Å². The highest BCUT2D eigenvalue weighted by Gasteiger charge is 2.15. The van der Waals surface area contributed by atoms with E-state index in [1.54, 1.807) is 0 Å². The van der Waals surface area contributed by atoms with Gasteiger partial charge in [0.05, 0.1) is 0 Å². The van der Waals surface area contributed by atoms with Crippen molar-refractivity contribution in [3.05, 3.63) is 12.2 Å². The van der Waals surface area contributed by atoms with Crippen LogP contribution in [0.15, 0.2) is 12.2 Å². The lowest BCUT2D eigenvalue weighted by atomic mass is 10.0. The van der Waals surface area contributed by atoms with Gasteiger partial charge >= 0.3 is 11.9 Å². The van der Waals surface area contributed by atoms with Crippen molar-refractivity contribution in [2.24, 2.45) is 0 Å². The van der Waals surface area contributed by atoms with Crippen molar-refractivity contribution in [2.75, 3.05) is 0 Å². The Morgan fingerprint density at radius 1 is 0.618 bits per heavy atom. The number of carbonyl (C=O) groups is 2. The van der Waals surface area contributed by atoms with E-state index in [9.17, 15) is 9.59 Å². The zero-order valence-electron chi connectivity index (χ0n) is 22.7. The number of ether oxygens (including phenoxy) is 1. The van der Waals surface area contributed by atoms with E-state index in [1.807, 2.05) is 0 Å². The second-order valence-electron chi connectivity index (χ2n) is 9.94. The predicted molar refractivity (Wildman–Crippen MR) is 144 cm³/mol. The van der Waals surface area contributed by atoms with Crippen LogP contribution in [-0.2, 0) is 14.3 Å². The first-order chi connectivity index (χ1) is 16.6. The van der Waals surface area contributed by atoms with Gasteiger partial charge in [-0.2, -0.15) is 0 Å². The second-order valence-corrected chi connectivity index (χ2v) is 9.94. The molecule has 1 N–H and O–H groups in total. The minimum Gasteiger partial charge on any atom is -0.481 e. The third-order valence-corrected chi connectivity index (χ3v) is 6.49. The van der Waals surface area contributed by atoms with E-state index in [4.69, 9.17) is 9.84 Å². The monoisotopic (exact) mass is 480 g/mol. The SMILES string of the molecule is CCCC/C=C\CCCCCCCCC(=O)OC(CCCCCCCCCC)CCCC(=O)O. The lowest BCUT2D eigenvalue weighted by Gasteiger charge is -2.18. The van der Waals surface area contributed by atoms with Crippen molar-refractivity contribution in [1.82, 2.24) is 0 Å². The van der Waals surface area contributed by atoms with Crippen LogP contribution in [0.4, 0.5) is 0 Å². The number of hydrogen-bond acceptors (Lipinski definition) is 3. The number of carboxylic acid groups (broad SMARTS) is 1. The van der Waals surface area contributed by atoms with Gasteiger partial charge in [-0.25, -0.2) is 0 Å². The first kappa shape index (κ1) is 32.7. The fraction of sp³-hybridized carbons (Fsp3) is 0.867. The van der Waals surface area contributed by atoms with Gasteiger partial charge in [0, 0.05) is 12.8 Å². The van der Waals surface area contributed by atoms with Crippen LogP contribution in [0.2, 0.25) is 0 Å². The molecular weight excluding hydrogens is 424 g/mol. The minimum atomic E-state index is -0.773. The topological polar surface area (TPSA) is 63.6 Å². The van der Waals surface area contributed by atoms with Gasteiger partial charge in [-0.05, 0) is 51.4 Å². The van der Waals surface area contributed by atoms with Gasteiger partial charge in [0.25, 0.3) is 0 Å². The van der Waals surface area contributed by atoms with Crippen LogP contribution in [0.5, 0.6) is 0 Å². The van der Waals surface area contributed by atoms with Gasteiger partial charge < -0.3 is 9.84 Å². The van der Waals surface area contributed by atoms with E-state index in [-0.39, 0.29) is 18.5 Å². The summed E-state index contributed by atoms with van der Waals surface area (Å²) < 4.78 is 5.75. The molecule has 0 aromatic heterocycles. The molecule has 0 aromatic carbocycles. The van der Waals surface area contributed by atoms with E-state index in [1.165, 1.54) is 96.3 Å². The van der Waals surface area contributed by atoms with Crippen molar-refractivity contribution in [3.63, 3.8) is 0 Å². The maximum atomic E-state index is 12.3. The molecule has 0 fully saturated rings. The molecule has 34 heavy (non-hydrogen) atoms. The summed E-state index contributed by atoms with van der Waals surface area (Å²) in [4.78, 5) is 23.2. The molecule has 4 heteroatoms. The average Bonchev–Trinajstić information content (AvgIpc) is 2.81. The number of carbonyl (C=O) groups excluding carboxylic acids is 1. The largest absolute Gasteiger partial charge is 0.481 e. The standard InChI is InChI=1S/C30H56O4/c1-3-5-7-9-11-13-14-15-16-18-20-22-27-30(33)34-28(25-23-26-29(31)32)24-21-19-17-12-10-8-6-4-2/h9,11,28H,3-8,10,12-27H2,1-2H3,(H,31,32)/b11-9-. The molecule has 0 aliphatic rings. The summed E-state index contributed by atoms with van der Waals surface area (Å²) in [5.74, 6) is -0.873. The highest BCUT2D eigenvalue weighted by Crippen LogP contribution is 2.17. The summed E-state index contributed by atoms with van der Waals surface area (Å²) in [6.07, 6.45) is 29.3. The number of hydrogen-bond donors (Lipinski definition) is 1.